The van der Waals surface area contributed by atoms with E-state index >= 15 is 0 Å². The Morgan fingerprint density at radius 3 is 2.59 bits per heavy atom. The van der Waals surface area contributed by atoms with Gasteiger partial charge in [0.1, 0.15) is 0 Å². The van der Waals surface area contributed by atoms with Gasteiger partial charge in [-0.15, -0.1) is 0 Å². The van der Waals surface area contributed by atoms with Crippen LogP contribution in [0.25, 0.3) is 0 Å². The van der Waals surface area contributed by atoms with Crippen LogP contribution in [0.3, 0.4) is 0 Å². The molecule has 1 aromatic carbocycles. The van der Waals surface area contributed by atoms with Crippen LogP contribution in [0.15, 0.2) is 41.1 Å². The van der Waals surface area contributed by atoms with Gasteiger partial charge in [-0.3, -0.25) is 20.2 Å². The van der Waals surface area contributed by atoms with Gasteiger partial charge in [-0.2, -0.15) is 0 Å². The third kappa shape index (κ3) is 2.47. The first-order valence-corrected chi connectivity index (χ1v) is 5.72. The molecule has 0 radical (unpaired) electrons. The lowest BCUT2D eigenvalue weighted by atomic mass is 10.2. The molecule has 0 spiro atoms. The van der Waals surface area contributed by atoms with E-state index in [-0.39, 0.29) is 10.6 Å². The van der Waals surface area contributed by atoms with Gasteiger partial charge in [0.25, 0.3) is 5.69 Å². The summed E-state index contributed by atoms with van der Waals surface area (Å²) < 4.78 is 2.43. The van der Waals surface area contributed by atoms with Gasteiger partial charge in [-0.05, 0) is 41.1 Å². The monoisotopic (exact) mass is 295 g/mol. The van der Waals surface area contributed by atoms with Crippen molar-refractivity contribution in [2.24, 2.45) is 0 Å². The molecule has 17 heavy (non-hydrogen) atoms. The smallest absolute Gasteiger partial charge is 0.273 e. The second-order valence-electron chi connectivity index (χ2n) is 3.58. The van der Waals surface area contributed by atoms with Crippen LogP contribution >= 0.6 is 15.9 Å². The standard InChI is InChI=1S/C11H10BrN3O2/c1-8-6-10(13-14-4-2-3-5-14)9(12)7-11(8)15(16)17/h2-7,13H,1H3. The molecule has 1 heterocycles. The molecule has 0 fully saturated rings. The maximum atomic E-state index is 10.8. The number of nitro benzene ring substituents is 1. The molecule has 2 aromatic rings. The maximum absolute atomic E-state index is 10.8. The second-order valence-corrected chi connectivity index (χ2v) is 4.43. The van der Waals surface area contributed by atoms with E-state index in [9.17, 15) is 10.1 Å². The molecule has 1 aromatic heterocycles. The van der Waals surface area contributed by atoms with Crippen molar-refractivity contribution in [2.45, 2.75) is 6.92 Å². The number of hydrogen-bond donors (Lipinski definition) is 1. The van der Waals surface area contributed by atoms with Crippen molar-refractivity contribution in [2.75, 3.05) is 5.43 Å². The van der Waals surface area contributed by atoms with Gasteiger partial charge in [0.05, 0.1) is 10.6 Å². The minimum atomic E-state index is -0.389. The van der Waals surface area contributed by atoms with Crippen LogP contribution in [0, 0.1) is 17.0 Å². The number of halogens is 1. The van der Waals surface area contributed by atoms with Crippen LogP contribution in [-0.2, 0) is 0 Å². The number of hydrogen-bond acceptors (Lipinski definition) is 3. The van der Waals surface area contributed by atoms with Gasteiger partial charge >= 0.3 is 0 Å². The van der Waals surface area contributed by atoms with E-state index in [1.54, 1.807) is 17.7 Å². The number of nitro groups is 1. The molecule has 1 N–H and O–H groups in total. The van der Waals surface area contributed by atoms with Gasteiger partial charge in [0.2, 0.25) is 0 Å². The number of aryl methyl sites for hydroxylation is 1. The number of benzene rings is 1. The van der Waals surface area contributed by atoms with Gasteiger partial charge < -0.3 is 0 Å². The van der Waals surface area contributed by atoms with Crippen LogP contribution in [0.5, 0.6) is 0 Å². The average molecular weight is 296 g/mol. The summed E-state index contributed by atoms with van der Waals surface area (Å²) >= 11 is 3.32. The Balaban J connectivity index is 2.36. The van der Waals surface area contributed by atoms with E-state index in [4.69, 9.17) is 0 Å². The van der Waals surface area contributed by atoms with Crippen molar-refractivity contribution in [3.63, 3.8) is 0 Å². The highest BCUT2D eigenvalue weighted by atomic mass is 79.9. The first-order valence-electron chi connectivity index (χ1n) is 4.92. The van der Waals surface area contributed by atoms with E-state index in [2.05, 4.69) is 21.4 Å². The summed E-state index contributed by atoms with van der Waals surface area (Å²) in [5.74, 6) is 0. The Hall–Kier alpha value is -1.82. The summed E-state index contributed by atoms with van der Waals surface area (Å²) in [6.45, 7) is 1.71. The van der Waals surface area contributed by atoms with E-state index in [0.717, 1.165) is 5.69 Å². The fourth-order valence-corrected chi connectivity index (χ4v) is 1.92. The number of nitrogens with zero attached hydrogens (tertiary/aromatic N) is 2. The van der Waals surface area contributed by atoms with Crippen molar-refractivity contribution in [3.8, 4) is 0 Å². The summed E-state index contributed by atoms with van der Waals surface area (Å²) in [5.41, 5.74) is 4.61. The summed E-state index contributed by atoms with van der Waals surface area (Å²) in [5, 5.41) is 10.8. The van der Waals surface area contributed by atoms with Gasteiger partial charge in [0, 0.05) is 28.5 Å². The summed E-state index contributed by atoms with van der Waals surface area (Å²) in [6.07, 6.45) is 3.70. The second kappa shape index (κ2) is 4.58. The van der Waals surface area contributed by atoms with Crippen molar-refractivity contribution in [3.05, 3.63) is 56.8 Å². The number of anilines is 1. The normalized spacial score (nSPS) is 10.2. The zero-order valence-electron chi connectivity index (χ0n) is 9.05. The Labute approximate surface area is 106 Å². The summed E-state index contributed by atoms with van der Waals surface area (Å²) in [6, 6.07) is 7.02. The largest absolute Gasteiger partial charge is 0.294 e. The highest BCUT2D eigenvalue weighted by Gasteiger charge is 2.13. The highest BCUT2D eigenvalue weighted by molar-refractivity contribution is 9.10. The zero-order valence-corrected chi connectivity index (χ0v) is 10.6. The lowest BCUT2D eigenvalue weighted by molar-refractivity contribution is -0.385. The Morgan fingerprint density at radius 1 is 1.35 bits per heavy atom. The first-order chi connectivity index (χ1) is 8.08. The predicted octanol–water partition coefficient (Wildman–Crippen LogP) is 3.34. The highest BCUT2D eigenvalue weighted by Crippen LogP contribution is 2.30. The molecule has 88 valence electrons. The maximum Gasteiger partial charge on any atom is 0.273 e. The van der Waals surface area contributed by atoms with Crippen LogP contribution in [0.2, 0.25) is 0 Å². The van der Waals surface area contributed by atoms with Crippen molar-refractivity contribution in [1.29, 1.82) is 0 Å². The lowest BCUT2D eigenvalue weighted by Gasteiger charge is -2.10. The van der Waals surface area contributed by atoms with Crippen LogP contribution in [0.1, 0.15) is 5.56 Å². The van der Waals surface area contributed by atoms with Crippen LogP contribution < -0.4 is 5.43 Å². The SMILES string of the molecule is Cc1cc(Nn2cccc2)c(Br)cc1[N+](=O)[O-]. The van der Waals surface area contributed by atoms with E-state index in [1.165, 1.54) is 6.07 Å². The quantitative estimate of drug-likeness (QED) is 0.698. The minimum Gasteiger partial charge on any atom is -0.294 e. The molecule has 0 saturated carbocycles. The lowest BCUT2D eigenvalue weighted by Crippen LogP contribution is -2.07. The molecule has 5 nitrogen and oxygen atoms in total. The number of nitrogens with one attached hydrogen (secondary N) is 1. The molecular weight excluding hydrogens is 286 g/mol. The van der Waals surface area contributed by atoms with Gasteiger partial charge in [0.15, 0.2) is 0 Å². The Kier molecular flexibility index (Phi) is 3.14. The summed E-state index contributed by atoms with van der Waals surface area (Å²) in [4.78, 5) is 10.4. The van der Waals surface area contributed by atoms with Gasteiger partial charge in [-0.25, -0.2) is 0 Å². The molecule has 0 aliphatic carbocycles. The molecule has 0 atom stereocenters. The molecule has 0 amide bonds. The molecule has 0 unspecified atom stereocenters. The van der Waals surface area contributed by atoms with Crippen LogP contribution in [0.4, 0.5) is 11.4 Å². The fraction of sp³-hybridized carbons (Fsp3) is 0.0909. The van der Waals surface area contributed by atoms with Crippen LogP contribution in [-0.4, -0.2) is 9.60 Å². The van der Waals surface area contributed by atoms with Crippen molar-refractivity contribution >= 4 is 27.3 Å². The molecule has 2 rings (SSSR count). The van der Waals surface area contributed by atoms with Crippen molar-refractivity contribution < 1.29 is 4.92 Å². The molecule has 0 saturated heterocycles. The third-order valence-corrected chi connectivity index (χ3v) is 2.99. The number of rotatable bonds is 3. The van der Waals surface area contributed by atoms with E-state index < -0.39 is 0 Å². The third-order valence-electron chi connectivity index (χ3n) is 2.34. The number of aromatic nitrogens is 1. The van der Waals surface area contributed by atoms with Gasteiger partial charge in [-0.1, -0.05) is 0 Å². The Bertz CT molecular complexity index is 552. The summed E-state index contributed by atoms with van der Waals surface area (Å²) in [7, 11) is 0. The molecule has 0 bridgehead atoms. The minimum absolute atomic E-state index is 0.106. The van der Waals surface area contributed by atoms with E-state index in [0.29, 0.717) is 10.0 Å². The predicted molar refractivity (Wildman–Crippen MR) is 69.0 cm³/mol. The molecule has 0 aliphatic heterocycles. The molecular formula is C11H10BrN3O2. The molecule has 6 heteroatoms. The zero-order chi connectivity index (χ0) is 12.4. The average Bonchev–Trinajstić information content (AvgIpc) is 2.75. The van der Waals surface area contributed by atoms with Crippen molar-refractivity contribution in [1.82, 2.24) is 4.68 Å². The van der Waals surface area contributed by atoms with E-state index in [1.807, 2.05) is 24.5 Å². The molecule has 0 aliphatic rings. The Morgan fingerprint density at radius 2 is 2.00 bits per heavy atom. The first kappa shape index (κ1) is 11.7. The topological polar surface area (TPSA) is 60.1 Å². The fourth-order valence-electron chi connectivity index (χ4n) is 1.50.